The monoisotopic (exact) mass is 199 g/mol. The molecule has 13 heavy (non-hydrogen) atoms. The van der Waals surface area contributed by atoms with E-state index < -0.39 is 11.4 Å². The quantitative estimate of drug-likeness (QED) is 0.673. The second-order valence-electron chi connectivity index (χ2n) is 3.32. The van der Waals surface area contributed by atoms with E-state index in [2.05, 4.69) is 5.32 Å². The lowest BCUT2D eigenvalue weighted by molar-refractivity contribution is -0.0673. The predicted octanol–water partition coefficient (Wildman–Crippen LogP) is 0.856. The summed E-state index contributed by atoms with van der Waals surface area (Å²) >= 11 is 1.29. The zero-order valence-corrected chi connectivity index (χ0v) is 7.41. The molecule has 2 aliphatic rings. The Labute approximate surface area is 77.5 Å². The molecular formula is C8H6FNO2S. The number of nitrogens with one attached hydrogen (secondary N) is 1. The van der Waals surface area contributed by atoms with Gasteiger partial charge in [-0.15, -0.1) is 11.3 Å². The first kappa shape index (κ1) is 7.46. The number of carbonyl (C=O) groups is 1. The molecule has 1 fully saturated rings. The Balaban J connectivity index is 2.21. The van der Waals surface area contributed by atoms with Crippen LogP contribution in [0.2, 0.25) is 0 Å². The second-order valence-corrected chi connectivity index (χ2v) is 4.20. The van der Waals surface area contributed by atoms with E-state index in [4.69, 9.17) is 4.74 Å². The summed E-state index contributed by atoms with van der Waals surface area (Å²) in [5.41, 5.74) is -0.185. The maximum Gasteiger partial charge on any atom is 0.256 e. The Morgan fingerprint density at radius 1 is 1.62 bits per heavy atom. The van der Waals surface area contributed by atoms with Gasteiger partial charge in [0, 0.05) is 5.38 Å². The number of rotatable bonds is 0. The molecule has 0 bridgehead atoms. The normalized spacial score (nSPS) is 22.7. The molecule has 0 unspecified atom stereocenters. The number of fused-ring (bicyclic) bond motifs is 2. The van der Waals surface area contributed by atoms with Crippen LogP contribution in [0.3, 0.4) is 0 Å². The highest BCUT2D eigenvalue weighted by Crippen LogP contribution is 2.41. The summed E-state index contributed by atoms with van der Waals surface area (Å²) in [6.45, 7) is 0.928. The lowest BCUT2D eigenvalue weighted by Crippen LogP contribution is -2.54. The van der Waals surface area contributed by atoms with Gasteiger partial charge < -0.3 is 10.1 Å². The molecular weight excluding hydrogens is 193 g/mol. The zero-order valence-electron chi connectivity index (χ0n) is 6.59. The molecule has 0 aliphatic carbocycles. The molecule has 3 heterocycles. The van der Waals surface area contributed by atoms with E-state index in [1.807, 2.05) is 0 Å². The van der Waals surface area contributed by atoms with Crippen LogP contribution in [0.4, 0.5) is 4.39 Å². The molecule has 1 spiro atoms. The van der Waals surface area contributed by atoms with Crippen LogP contribution in [-0.4, -0.2) is 19.1 Å². The van der Waals surface area contributed by atoms with Crippen LogP contribution in [-0.2, 0) is 10.3 Å². The van der Waals surface area contributed by atoms with Gasteiger partial charge in [-0.1, -0.05) is 0 Å². The average molecular weight is 199 g/mol. The highest BCUT2D eigenvalue weighted by molar-refractivity contribution is 7.10. The molecule has 0 atom stereocenters. The number of hydrogen-bond acceptors (Lipinski definition) is 3. The van der Waals surface area contributed by atoms with Crippen LogP contribution in [0.1, 0.15) is 15.2 Å². The average Bonchev–Trinajstić information content (AvgIpc) is 2.51. The molecule has 1 aromatic rings. The van der Waals surface area contributed by atoms with Gasteiger partial charge in [0.05, 0.1) is 23.7 Å². The highest BCUT2D eigenvalue weighted by atomic mass is 32.1. The number of thiophene rings is 1. The number of carbonyl (C=O) groups excluding carboxylic acids is 1. The van der Waals surface area contributed by atoms with Crippen molar-refractivity contribution in [3.8, 4) is 0 Å². The van der Waals surface area contributed by atoms with E-state index in [-0.39, 0.29) is 11.5 Å². The van der Waals surface area contributed by atoms with Gasteiger partial charge in [-0.2, -0.15) is 0 Å². The van der Waals surface area contributed by atoms with Crippen molar-refractivity contribution in [1.29, 1.82) is 0 Å². The first-order valence-electron chi connectivity index (χ1n) is 3.91. The highest BCUT2D eigenvalue weighted by Gasteiger charge is 2.51. The molecule has 0 aromatic carbocycles. The van der Waals surface area contributed by atoms with Gasteiger partial charge >= 0.3 is 0 Å². The van der Waals surface area contributed by atoms with Gasteiger partial charge in [0.1, 0.15) is 11.4 Å². The Bertz CT molecular complexity index is 397. The molecule has 1 N–H and O–H groups in total. The van der Waals surface area contributed by atoms with E-state index >= 15 is 0 Å². The minimum atomic E-state index is -0.415. The molecule has 0 saturated carbocycles. The van der Waals surface area contributed by atoms with Gasteiger partial charge in [-0.05, 0) is 0 Å². The van der Waals surface area contributed by atoms with E-state index in [9.17, 15) is 9.18 Å². The molecule has 1 amide bonds. The van der Waals surface area contributed by atoms with Crippen molar-refractivity contribution in [3.05, 3.63) is 21.6 Å². The summed E-state index contributed by atoms with van der Waals surface area (Å²) < 4.78 is 18.2. The molecule has 3 rings (SSSR count). The molecule has 68 valence electrons. The molecule has 5 heteroatoms. The van der Waals surface area contributed by atoms with Gasteiger partial charge in [0.2, 0.25) is 0 Å². The zero-order chi connectivity index (χ0) is 9.05. The summed E-state index contributed by atoms with van der Waals surface area (Å²) in [7, 11) is 0. The third-order valence-electron chi connectivity index (χ3n) is 2.46. The minimum absolute atomic E-state index is 0.216. The van der Waals surface area contributed by atoms with Crippen molar-refractivity contribution in [3.63, 3.8) is 0 Å². The number of halogens is 1. The van der Waals surface area contributed by atoms with Crippen LogP contribution >= 0.6 is 11.3 Å². The SMILES string of the molecule is O=C1NC2(COC2)c2scc(F)c21. The Morgan fingerprint density at radius 2 is 2.38 bits per heavy atom. The summed E-state index contributed by atoms with van der Waals surface area (Å²) in [4.78, 5) is 12.1. The van der Waals surface area contributed by atoms with Crippen molar-refractivity contribution in [1.82, 2.24) is 5.32 Å². The smallest absolute Gasteiger partial charge is 0.256 e. The third kappa shape index (κ3) is 0.739. The lowest BCUT2D eigenvalue weighted by Gasteiger charge is -2.37. The van der Waals surface area contributed by atoms with Crippen molar-refractivity contribution in [2.45, 2.75) is 5.54 Å². The maximum absolute atomic E-state index is 13.1. The molecule has 0 radical (unpaired) electrons. The van der Waals surface area contributed by atoms with Crippen molar-refractivity contribution in [2.24, 2.45) is 0 Å². The molecule has 1 aromatic heterocycles. The van der Waals surface area contributed by atoms with Crippen LogP contribution in [0.25, 0.3) is 0 Å². The largest absolute Gasteiger partial charge is 0.376 e. The van der Waals surface area contributed by atoms with Crippen molar-refractivity contribution in [2.75, 3.05) is 13.2 Å². The number of ether oxygens (including phenoxy) is 1. The lowest BCUT2D eigenvalue weighted by atomic mass is 9.97. The topological polar surface area (TPSA) is 38.3 Å². The summed E-state index contributed by atoms with van der Waals surface area (Å²) in [6.07, 6.45) is 0. The van der Waals surface area contributed by atoms with E-state index in [1.54, 1.807) is 0 Å². The fraction of sp³-hybridized carbons (Fsp3) is 0.375. The fourth-order valence-corrected chi connectivity index (χ4v) is 2.79. The molecule has 3 nitrogen and oxygen atoms in total. The standard InChI is InChI=1S/C8H6FNO2S/c9-4-1-13-6-5(4)7(11)10-8(6)2-12-3-8/h1H,2-3H2,(H,10,11). The molecule has 2 aliphatic heterocycles. The number of hydrogen-bond donors (Lipinski definition) is 1. The minimum Gasteiger partial charge on any atom is -0.376 e. The van der Waals surface area contributed by atoms with Crippen molar-refractivity contribution >= 4 is 17.2 Å². The third-order valence-corrected chi connectivity index (χ3v) is 3.61. The first-order valence-corrected chi connectivity index (χ1v) is 4.79. The summed E-state index contributed by atoms with van der Waals surface area (Å²) in [5.74, 6) is -0.724. The van der Waals surface area contributed by atoms with Gasteiger partial charge in [-0.25, -0.2) is 4.39 Å². The first-order chi connectivity index (χ1) is 6.23. The van der Waals surface area contributed by atoms with E-state index in [0.29, 0.717) is 13.2 Å². The van der Waals surface area contributed by atoms with Crippen LogP contribution in [0, 0.1) is 5.82 Å². The van der Waals surface area contributed by atoms with E-state index in [1.165, 1.54) is 16.7 Å². The number of amides is 1. The van der Waals surface area contributed by atoms with Crippen molar-refractivity contribution < 1.29 is 13.9 Å². The summed E-state index contributed by atoms with van der Waals surface area (Å²) in [5, 5.41) is 4.14. The Morgan fingerprint density at radius 3 is 3.00 bits per heavy atom. The summed E-state index contributed by atoms with van der Waals surface area (Å²) in [6, 6.07) is 0. The van der Waals surface area contributed by atoms with E-state index in [0.717, 1.165) is 4.88 Å². The van der Waals surface area contributed by atoms with Gasteiger partial charge in [0.25, 0.3) is 5.91 Å². The van der Waals surface area contributed by atoms with Crippen LogP contribution in [0.15, 0.2) is 5.38 Å². The second kappa shape index (κ2) is 2.10. The Hall–Kier alpha value is -0.940. The van der Waals surface area contributed by atoms with Gasteiger partial charge in [-0.3, -0.25) is 4.79 Å². The van der Waals surface area contributed by atoms with Crippen LogP contribution in [0.5, 0.6) is 0 Å². The fourth-order valence-electron chi connectivity index (χ4n) is 1.75. The predicted molar refractivity (Wildman–Crippen MR) is 44.2 cm³/mol. The van der Waals surface area contributed by atoms with Gasteiger partial charge in [0.15, 0.2) is 0 Å². The molecule has 1 saturated heterocycles. The maximum atomic E-state index is 13.1. The van der Waals surface area contributed by atoms with Crippen LogP contribution < -0.4 is 5.32 Å². The Kier molecular flexibility index (Phi) is 1.21.